The topological polar surface area (TPSA) is 180 Å². The summed E-state index contributed by atoms with van der Waals surface area (Å²) in [6, 6.07) is 25.6. The molecule has 4 aromatic rings. The van der Waals surface area contributed by atoms with Gasteiger partial charge in [-0.15, -0.1) is 0 Å². The second-order valence-electron chi connectivity index (χ2n) is 9.16. The van der Waals surface area contributed by atoms with Crippen molar-refractivity contribution in [2.45, 2.75) is 0 Å². The van der Waals surface area contributed by atoms with Crippen molar-refractivity contribution in [3.8, 4) is 0 Å². The van der Waals surface area contributed by atoms with Crippen LogP contribution >= 0.6 is 0 Å². The van der Waals surface area contributed by atoms with Crippen molar-refractivity contribution < 1.29 is 27.4 Å². The highest BCUT2D eigenvalue weighted by molar-refractivity contribution is 7.91. The molecule has 1 aliphatic rings. The Hall–Kier alpha value is -5.59. The third-order valence-electron chi connectivity index (χ3n) is 6.22. The molecule has 0 unspecified atom stereocenters. The van der Waals surface area contributed by atoms with Crippen LogP contribution in [0.3, 0.4) is 0 Å². The Labute approximate surface area is 240 Å². The Bertz CT molecular complexity index is 1870. The van der Waals surface area contributed by atoms with Gasteiger partial charge in [0.15, 0.2) is 5.71 Å². The molecule has 42 heavy (non-hydrogen) atoms. The maximum Gasteiger partial charge on any atom is 0.296 e. The van der Waals surface area contributed by atoms with Crippen LogP contribution in [0.15, 0.2) is 107 Å². The van der Waals surface area contributed by atoms with Gasteiger partial charge in [-0.05, 0) is 90.5 Å². The molecule has 0 radical (unpaired) electrons. The Morgan fingerprint density at radius 2 is 1.31 bits per heavy atom. The van der Waals surface area contributed by atoms with E-state index in [2.05, 4.69) is 21.2 Å². The molecule has 0 heterocycles. The quantitative estimate of drug-likeness (QED) is 0.119. The third kappa shape index (κ3) is 6.25. The molecule has 12 heteroatoms. The zero-order valence-corrected chi connectivity index (χ0v) is 22.6. The van der Waals surface area contributed by atoms with Crippen molar-refractivity contribution in [1.82, 2.24) is 0 Å². The van der Waals surface area contributed by atoms with E-state index in [1.165, 1.54) is 18.2 Å². The number of nitrogens with zero attached hydrogens (tertiary/aromatic N) is 1. The summed E-state index contributed by atoms with van der Waals surface area (Å²) < 4.78 is 34.3. The van der Waals surface area contributed by atoms with E-state index in [0.29, 0.717) is 33.9 Å². The number of carbonyl (C=O) groups excluding carboxylic acids is 3. The molecule has 0 fully saturated rings. The molecule has 0 spiro atoms. The molecule has 5 rings (SSSR count). The van der Waals surface area contributed by atoms with Crippen LogP contribution in [0.2, 0.25) is 0 Å². The fraction of sp³-hybridized carbons (Fsp3) is 0. The molecule has 0 aliphatic heterocycles. The van der Waals surface area contributed by atoms with E-state index < -0.39 is 32.4 Å². The van der Waals surface area contributed by atoms with E-state index in [0.717, 1.165) is 6.08 Å². The van der Waals surface area contributed by atoms with Crippen molar-refractivity contribution in [2.24, 2.45) is 5.10 Å². The van der Waals surface area contributed by atoms with Gasteiger partial charge in [0, 0.05) is 33.8 Å². The van der Waals surface area contributed by atoms with E-state index in [1.54, 1.807) is 78.9 Å². The number of rotatable bonds is 7. The average Bonchev–Trinajstić information content (AvgIpc) is 2.97. The predicted octanol–water partition coefficient (Wildman–Crippen LogP) is 4.67. The number of benzene rings is 4. The van der Waals surface area contributed by atoms with Crippen LogP contribution in [0.5, 0.6) is 0 Å². The number of allylic oxidation sites excluding steroid dienone is 1. The maximum absolute atomic E-state index is 13.3. The molecule has 2 amide bonds. The molecule has 6 N–H and O–H groups in total. The minimum atomic E-state index is -4.86. The number of fused-ring (bicyclic) bond motifs is 1. The average molecular weight is 582 g/mol. The van der Waals surface area contributed by atoms with E-state index >= 15 is 0 Å². The Morgan fingerprint density at radius 3 is 1.95 bits per heavy atom. The van der Waals surface area contributed by atoms with Gasteiger partial charge in [0.1, 0.15) is 4.91 Å². The first-order valence-electron chi connectivity index (χ1n) is 12.4. The molecule has 0 aromatic heterocycles. The highest BCUT2D eigenvalue weighted by Gasteiger charge is 2.33. The van der Waals surface area contributed by atoms with E-state index in [1.807, 2.05) is 0 Å². The van der Waals surface area contributed by atoms with Crippen LogP contribution in [-0.2, 0) is 10.1 Å². The number of carbonyl (C=O) groups is 3. The Kier molecular flexibility index (Phi) is 7.65. The summed E-state index contributed by atoms with van der Waals surface area (Å²) >= 11 is 0. The minimum Gasteiger partial charge on any atom is -0.399 e. The number of ketones is 1. The van der Waals surface area contributed by atoms with Crippen molar-refractivity contribution >= 4 is 62.3 Å². The lowest BCUT2D eigenvalue weighted by Crippen LogP contribution is -2.27. The smallest absolute Gasteiger partial charge is 0.296 e. The molecule has 4 aromatic carbocycles. The summed E-state index contributed by atoms with van der Waals surface area (Å²) in [5.74, 6) is -1.48. The lowest BCUT2D eigenvalue weighted by molar-refractivity contribution is 0.101. The van der Waals surface area contributed by atoms with Gasteiger partial charge in [-0.2, -0.15) is 13.5 Å². The summed E-state index contributed by atoms with van der Waals surface area (Å²) in [5, 5.41) is 9.41. The highest BCUT2D eigenvalue weighted by Crippen LogP contribution is 2.28. The number of hydrogen-bond acceptors (Lipinski definition) is 8. The van der Waals surface area contributed by atoms with Gasteiger partial charge in [0.2, 0.25) is 5.78 Å². The van der Waals surface area contributed by atoms with Crippen molar-refractivity contribution in [3.63, 3.8) is 0 Å². The summed E-state index contributed by atoms with van der Waals surface area (Å²) in [6.07, 6.45) is 1.10. The minimum absolute atomic E-state index is 0.118. The van der Waals surface area contributed by atoms with E-state index in [4.69, 9.17) is 5.73 Å². The van der Waals surface area contributed by atoms with Crippen molar-refractivity contribution in [1.29, 1.82) is 0 Å². The molecule has 0 atom stereocenters. The van der Waals surface area contributed by atoms with Gasteiger partial charge in [0.25, 0.3) is 21.9 Å². The zero-order valence-electron chi connectivity index (χ0n) is 21.7. The number of Topliss-reactive ketones (excluding diaryl/α,β-unsaturated/α-hetero) is 1. The molecule has 11 nitrogen and oxygen atoms in total. The van der Waals surface area contributed by atoms with Gasteiger partial charge in [0.05, 0.1) is 5.69 Å². The second-order valence-corrected chi connectivity index (χ2v) is 10.6. The molecule has 1 aliphatic carbocycles. The number of nitrogens with two attached hydrogens (primary N) is 1. The lowest BCUT2D eigenvalue weighted by Gasteiger charge is -2.17. The number of hydrazone groups is 1. The predicted molar refractivity (Wildman–Crippen MR) is 161 cm³/mol. The fourth-order valence-corrected chi connectivity index (χ4v) is 4.76. The first kappa shape index (κ1) is 28.0. The van der Waals surface area contributed by atoms with E-state index in [9.17, 15) is 27.4 Å². The standard InChI is InChI=1S/C30H23N5O6S/c31-21-8-6-19(7-9-21)30(38)33-24-14-15-25-20(16-24)17-26(42(39,40)41)27(28(25)36)35-34-23-12-10-22(11-13-23)32-29(37)18-4-2-1-3-5-18/h1-17,34H,31H2,(H,32,37)(H,33,38)(H,39,40,41)/b35-27-. The zero-order chi connectivity index (χ0) is 29.9. The molecule has 210 valence electrons. The molecule has 0 saturated carbocycles. The molecule has 0 saturated heterocycles. The summed E-state index contributed by atoms with van der Waals surface area (Å²) in [6.45, 7) is 0. The van der Waals surface area contributed by atoms with Crippen LogP contribution in [0.25, 0.3) is 6.08 Å². The Morgan fingerprint density at radius 1 is 0.738 bits per heavy atom. The van der Waals surface area contributed by atoms with Crippen molar-refractivity contribution in [3.05, 3.63) is 124 Å². The fourth-order valence-electron chi connectivity index (χ4n) is 4.10. The number of anilines is 4. The van der Waals surface area contributed by atoms with Crippen molar-refractivity contribution in [2.75, 3.05) is 21.8 Å². The van der Waals surface area contributed by atoms with Crippen LogP contribution in [0.1, 0.15) is 36.6 Å². The van der Waals surface area contributed by atoms with Crippen LogP contribution < -0.4 is 21.8 Å². The van der Waals surface area contributed by atoms with Gasteiger partial charge >= 0.3 is 0 Å². The first-order chi connectivity index (χ1) is 20.1. The number of nitrogen functional groups attached to an aromatic ring is 1. The summed E-state index contributed by atoms with van der Waals surface area (Å²) in [4.78, 5) is 37.5. The summed E-state index contributed by atoms with van der Waals surface area (Å²) in [5.41, 5.74) is 10.6. The lowest BCUT2D eigenvalue weighted by atomic mass is 9.94. The number of hydrogen-bond donors (Lipinski definition) is 5. The Balaban J connectivity index is 1.35. The number of amides is 2. The molecule has 0 bridgehead atoms. The maximum atomic E-state index is 13.3. The second kappa shape index (κ2) is 11.5. The SMILES string of the molecule is Nc1ccc(C(=O)Nc2ccc3c(c2)C=C(S(=O)(=O)O)/C(=N/Nc2ccc(NC(=O)c4ccccc4)cc2)C3=O)cc1. The van der Waals surface area contributed by atoms with Crippen LogP contribution in [-0.4, -0.2) is 36.3 Å². The third-order valence-corrected chi connectivity index (χ3v) is 7.08. The molecular weight excluding hydrogens is 558 g/mol. The first-order valence-corrected chi connectivity index (χ1v) is 13.9. The highest BCUT2D eigenvalue weighted by atomic mass is 32.2. The van der Waals surface area contributed by atoms with Gasteiger partial charge in [-0.25, -0.2) is 0 Å². The number of nitrogens with one attached hydrogen (secondary N) is 3. The normalized spacial score (nSPS) is 13.6. The van der Waals surface area contributed by atoms with Gasteiger partial charge in [-0.1, -0.05) is 18.2 Å². The van der Waals surface area contributed by atoms with Gasteiger partial charge in [-0.3, -0.25) is 24.4 Å². The van der Waals surface area contributed by atoms with Crippen LogP contribution in [0.4, 0.5) is 22.7 Å². The molecular formula is C30H23N5O6S. The monoisotopic (exact) mass is 581 g/mol. The van der Waals surface area contributed by atoms with E-state index in [-0.39, 0.29) is 17.0 Å². The van der Waals surface area contributed by atoms with Gasteiger partial charge < -0.3 is 16.4 Å². The largest absolute Gasteiger partial charge is 0.399 e. The summed E-state index contributed by atoms with van der Waals surface area (Å²) in [7, 11) is -4.86. The van der Waals surface area contributed by atoms with Crippen LogP contribution in [0, 0.1) is 0 Å².